The fourth-order valence-corrected chi connectivity index (χ4v) is 4.86. The van der Waals surface area contributed by atoms with Crippen LogP contribution in [0.1, 0.15) is 40.7 Å². The first-order valence-corrected chi connectivity index (χ1v) is 13.4. The summed E-state index contributed by atoms with van der Waals surface area (Å²) in [6.07, 6.45) is -8.23. The number of benzene rings is 1. The molecule has 1 aromatic carbocycles. The van der Waals surface area contributed by atoms with Gasteiger partial charge in [0.05, 0.1) is 11.1 Å². The lowest BCUT2D eigenvalue weighted by molar-refractivity contribution is -0.143. The van der Waals surface area contributed by atoms with E-state index in [9.17, 15) is 54.6 Å². The molecule has 4 rings (SSSR count). The van der Waals surface area contributed by atoms with Gasteiger partial charge in [0, 0.05) is 48.5 Å². The van der Waals surface area contributed by atoms with Gasteiger partial charge in [0.1, 0.15) is 34.9 Å². The predicted octanol–water partition coefficient (Wildman–Crippen LogP) is 5.48. The van der Waals surface area contributed by atoms with Crippen molar-refractivity contribution in [3.05, 3.63) is 87.2 Å². The first kappa shape index (κ1) is 33.9. The number of nitrogens with zero attached hydrogens (tertiary/aromatic N) is 3. The number of anilines is 1. The first-order valence-electron chi connectivity index (χ1n) is 13.4. The van der Waals surface area contributed by atoms with Crippen molar-refractivity contribution < 1.29 is 49.8 Å². The van der Waals surface area contributed by atoms with Crippen molar-refractivity contribution in [2.24, 2.45) is 7.05 Å². The Bertz CT molecular complexity index is 1860. The summed E-state index contributed by atoms with van der Waals surface area (Å²) in [5.74, 6) is -6.33. The van der Waals surface area contributed by atoms with Gasteiger partial charge in [-0.15, -0.1) is 0 Å². The summed E-state index contributed by atoms with van der Waals surface area (Å²) >= 11 is 0. The maximum atomic E-state index is 14.8. The second-order valence-electron chi connectivity index (χ2n) is 10.3. The first-order chi connectivity index (χ1) is 21.3. The summed E-state index contributed by atoms with van der Waals surface area (Å²) in [6, 6.07) is 0.0734. The topological polar surface area (TPSA) is 118 Å². The fraction of sp³-hybridized carbons (Fsp3) is 0.310. The Morgan fingerprint density at radius 3 is 2.22 bits per heavy atom. The van der Waals surface area contributed by atoms with Crippen molar-refractivity contribution in [1.29, 1.82) is 0 Å². The second kappa shape index (κ2) is 12.4. The molecule has 3 aromatic heterocycles. The van der Waals surface area contributed by atoms with Gasteiger partial charge in [0.25, 0.3) is 11.5 Å². The molecule has 3 heterocycles. The Kier molecular flexibility index (Phi) is 9.17. The highest BCUT2D eigenvalue weighted by Crippen LogP contribution is 2.37. The molecule has 9 nitrogen and oxygen atoms in total. The Morgan fingerprint density at radius 2 is 1.67 bits per heavy atom. The molecule has 0 aliphatic carbocycles. The molecule has 0 aliphatic rings. The molecular formula is C29H25F8N5O4. The van der Waals surface area contributed by atoms with E-state index in [2.05, 4.69) is 4.98 Å². The number of carbonyl (C=O) groups is 2. The number of aliphatic carboxylic acids is 1. The molecule has 0 saturated carbocycles. The Morgan fingerprint density at radius 1 is 1.04 bits per heavy atom. The van der Waals surface area contributed by atoms with Crippen molar-refractivity contribution >= 4 is 23.2 Å². The Labute approximate surface area is 254 Å². The van der Waals surface area contributed by atoms with Gasteiger partial charge in [-0.1, -0.05) is 6.92 Å². The van der Waals surface area contributed by atoms with Crippen molar-refractivity contribution in [2.45, 2.75) is 51.1 Å². The van der Waals surface area contributed by atoms with Crippen molar-refractivity contribution in [3.63, 3.8) is 0 Å². The molecule has 0 unspecified atom stereocenters. The van der Waals surface area contributed by atoms with Crippen molar-refractivity contribution in [1.82, 2.24) is 19.3 Å². The number of aryl methyl sites for hydroxylation is 1. The maximum absolute atomic E-state index is 14.8. The summed E-state index contributed by atoms with van der Waals surface area (Å²) in [5.41, 5.74) is -4.99. The van der Waals surface area contributed by atoms with Gasteiger partial charge in [-0.2, -0.15) is 26.3 Å². The third-order valence-corrected chi connectivity index (χ3v) is 7.31. The summed E-state index contributed by atoms with van der Waals surface area (Å²) in [7, 11) is 1.29. The maximum Gasteiger partial charge on any atom is 0.417 e. The monoisotopic (exact) mass is 659 g/mol. The molecule has 0 bridgehead atoms. The van der Waals surface area contributed by atoms with Crippen LogP contribution in [0.25, 0.3) is 16.8 Å². The van der Waals surface area contributed by atoms with Crippen LogP contribution in [0.2, 0.25) is 0 Å². The number of carboxylic acid groups (broad SMARTS) is 1. The SMILES string of the molecule is CC[C@@H](Nc1cc(F)c(C(=O)N[C@@H](Cc2ccc(-c3c(C(F)(F)F)cc(C)n(C)c3=O)c3nccn23)C(=O)O)c(F)c1)C(F)(F)F. The highest BCUT2D eigenvalue weighted by Gasteiger charge is 2.39. The number of rotatable bonds is 9. The highest BCUT2D eigenvalue weighted by molar-refractivity contribution is 5.97. The number of aromatic nitrogens is 3. The summed E-state index contributed by atoms with van der Waals surface area (Å²) in [5, 5.41) is 13.7. The third-order valence-electron chi connectivity index (χ3n) is 7.31. The minimum atomic E-state index is -4.91. The lowest BCUT2D eigenvalue weighted by Crippen LogP contribution is -2.43. The minimum absolute atomic E-state index is 0.0438. The molecular weight excluding hydrogens is 634 g/mol. The Balaban J connectivity index is 1.67. The van der Waals surface area contributed by atoms with Gasteiger partial charge >= 0.3 is 18.3 Å². The number of imidazole rings is 1. The van der Waals surface area contributed by atoms with E-state index in [1.165, 1.54) is 43.8 Å². The molecule has 0 aliphatic heterocycles. The average Bonchev–Trinajstić information content (AvgIpc) is 3.43. The third kappa shape index (κ3) is 6.67. The molecule has 17 heteroatoms. The number of nitrogens with one attached hydrogen (secondary N) is 2. The standard InChI is InChI=1S/C29H25F8N5O4/c1-4-21(29(35,36)37)39-14-10-18(30)23(19(31)11-14)25(43)40-20(27(45)46)12-15-5-6-16(24-38-7-8-42(15)24)22-17(28(32,33)34)9-13(2)41(3)26(22)44/h5-11,20-21,39H,4,12H2,1-3H3,(H,40,43)(H,45,46)/t20-,21+/m0/s1. The Hall–Kier alpha value is -4.96. The van der Waals surface area contributed by atoms with E-state index in [1.54, 1.807) is 0 Å². The van der Waals surface area contributed by atoms with E-state index >= 15 is 0 Å². The lowest BCUT2D eigenvalue weighted by atomic mass is 9.99. The average molecular weight is 660 g/mol. The molecule has 46 heavy (non-hydrogen) atoms. The smallest absolute Gasteiger partial charge is 0.417 e. The summed E-state index contributed by atoms with van der Waals surface area (Å²) in [6.45, 7) is 2.52. The van der Waals surface area contributed by atoms with Crippen LogP contribution in [0.3, 0.4) is 0 Å². The van der Waals surface area contributed by atoms with Crippen LogP contribution in [0, 0.1) is 18.6 Å². The number of carboxylic acids is 1. The molecule has 0 fully saturated rings. The number of pyridine rings is 2. The van der Waals surface area contributed by atoms with Crippen LogP contribution in [0.5, 0.6) is 0 Å². The largest absolute Gasteiger partial charge is 0.480 e. The van der Waals surface area contributed by atoms with E-state index in [4.69, 9.17) is 0 Å². The molecule has 246 valence electrons. The zero-order chi connectivity index (χ0) is 34.3. The van der Waals surface area contributed by atoms with Gasteiger partial charge in [0.2, 0.25) is 0 Å². The van der Waals surface area contributed by atoms with E-state index in [-0.39, 0.29) is 22.6 Å². The number of halogens is 8. The number of fused-ring (bicyclic) bond motifs is 1. The molecule has 2 atom stereocenters. The number of carbonyl (C=O) groups excluding carboxylic acids is 1. The number of alkyl halides is 6. The van der Waals surface area contributed by atoms with Gasteiger partial charge in [0.15, 0.2) is 0 Å². The predicted molar refractivity (Wildman–Crippen MR) is 148 cm³/mol. The number of hydrogen-bond acceptors (Lipinski definition) is 5. The van der Waals surface area contributed by atoms with Gasteiger partial charge in [-0.05, 0) is 43.7 Å². The molecule has 0 spiro atoms. The van der Waals surface area contributed by atoms with Crippen LogP contribution >= 0.6 is 0 Å². The minimum Gasteiger partial charge on any atom is -0.480 e. The van der Waals surface area contributed by atoms with Crippen molar-refractivity contribution in [3.8, 4) is 11.1 Å². The zero-order valence-electron chi connectivity index (χ0n) is 24.1. The lowest BCUT2D eigenvalue weighted by Gasteiger charge is -2.22. The van der Waals surface area contributed by atoms with Crippen LogP contribution in [0.15, 0.2) is 47.5 Å². The number of hydrogen-bond donors (Lipinski definition) is 3. The number of amides is 1. The zero-order valence-corrected chi connectivity index (χ0v) is 24.1. The molecule has 4 aromatic rings. The molecule has 0 saturated heterocycles. The fourth-order valence-electron chi connectivity index (χ4n) is 4.86. The summed E-state index contributed by atoms with van der Waals surface area (Å²) < 4.78 is 113. The second-order valence-corrected chi connectivity index (χ2v) is 10.3. The quantitative estimate of drug-likeness (QED) is 0.205. The molecule has 3 N–H and O–H groups in total. The highest BCUT2D eigenvalue weighted by atomic mass is 19.4. The van der Waals surface area contributed by atoms with Gasteiger partial charge in [-0.25, -0.2) is 18.6 Å². The van der Waals surface area contributed by atoms with Crippen LogP contribution in [-0.4, -0.2) is 49.2 Å². The van der Waals surface area contributed by atoms with E-state index < -0.39 is 88.7 Å². The summed E-state index contributed by atoms with van der Waals surface area (Å²) in [4.78, 5) is 41.9. The normalized spacial score (nSPS) is 13.5. The molecule has 1 amide bonds. The van der Waals surface area contributed by atoms with E-state index in [0.29, 0.717) is 12.1 Å². The van der Waals surface area contributed by atoms with Gasteiger partial charge in [-0.3, -0.25) is 9.59 Å². The van der Waals surface area contributed by atoms with Crippen LogP contribution in [0.4, 0.5) is 40.8 Å². The van der Waals surface area contributed by atoms with Crippen LogP contribution < -0.4 is 16.2 Å². The van der Waals surface area contributed by atoms with Crippen molar-refractivity contribution in [2.75, 3.05) is 5.32 Å². The van der Waals surface area contributed by atoms with E-state index in [1.807, 2.05) is 10.6 Å². The van der Waals surface area contributed by atoms with Crippen LogP contribution in [-0.2, 0) is 24.4 Å². The van der Waals surface area contributed by atoms with Gasteiger partial charge < -0.3 is 24.7 Å². The van der Waals surface area contributed by atoms with E-state index in [0.717, 1.165) is 16.7 Å². The molecule has 0 radical (unpaired) electrons.